The molecule has 1 aliphatic carbocycles. The van der Waals surface area contributed by atoms with Crippen molar-refractivity contribution in [1.82, 2.24) is 0 Å². The van der Waals surface area contributed by atoms with Gasteiger partial charge in [0.25, 0.3) is 0 Å². The number of hydrogen-bond donors (Lipinski definition) is 2. The van der Waals surface area contributed by atoms with Gasteiger partial charge in [0.1, 0.15) is 0 Å². The Morgan fingerprint density at radius 3 is 2.84 bits per heavy atom. The van der Waals surface area contributed by atoms with E-state index in [1.165, 1.54) is 5.56 Å². The van der Waals surface area contributed by atoms with Crippen LogP contribution in [-0.4, -0.2) is 25.2 Å². The first-order chi connectivity index (χ1) is 9.22. The third kappa shape index (κ3) is 3.07. The smallest absolute Gasteiger partial charge is 0.227 e. The SMILES string of the molecule is Cc1ccc(NC(=O)C2CC2)cc1N[C@H]1CCOC1. The van der Waals surface area contributed by atoms with E-state index in [1.807, 2.05) is 18.2 Å². The van der Waals surface area contributed by atoms with Gasteiger partial charge in [-0.2, -0.15) is 0 Å². The molecule has 1 aromatic carbocycles. The fourth-order valence-corrected chi connectivity index (χ4v) is 2.31. The lowest BCUT2D eigenvalue weighted by Gasteiger charge is -2.16. The number of aryl methyl sites for hydroxylation is 1. The Hall–Kier alpha value is -1.55. The lowest BCUT2D eigenvalue weighted by molar-refractivity contribution is -0.117. The Labute approximate surface area is 113 Å². The molecule has 2 N–H and O–H groups in total. The summed E-state index contributed by atoms with van der Waals surface area (Å²) in [5, 5.41) is 6.48. The molecular formula is C15H20N2O2. The largest absolute Gasteiger partial charge is 0.380 e. The van der Waals surface area contributed by atoms with E-state index in [0.717, 1.165) is 43.9 Å². The molecule has 1 atom stereocenters. The summed E-state index contributed by atoms with van der Waals surface area (Å²) in [4.78, 5) is 11.8. The van der Waals surface area contributed by atoms with Gasteiger partial charge in [0.15, 0.2) is 0 Å². The minimum atomic E-state index is 0.152. The van der Waals surface area contributed by atoms with Crippen LogP contribution in [0.4, 0.5) is 11.4 Å². The number of nitrogens with one attached hydrogen (secondary N) is 2. The number of carbonyl (C=O) groups is 1. The summed E-state index contributed by atoms with van der Waals surface area (Å²) in [5.74, 6) is 0.389. The zero-order valence-corrected chi connectivity index (χ0v) is 11.2. The van der Waals surface area contributed by atoms with E-state index in [9.17, 15) is 4.79 Å². The van der Waals surface area contributed by atoms with Crippen molar-refractivity contribution in [3.63, 3.8) is 0 Å². The van der Waals surface area contributed by atoms with E-state index in [2.05, 4.69) is 17.6 Å². The summed E-state index contributed by atoms with van der Waals surface area (Å²) < 4.78 is 5.37. The fourth-order valence-electron chi connectivity index (χ4n) is 2.31. The molecule has 1 heterocycles. The van der Waals surface area contributed by atoms with Crippen LogP contribution in [0.5, 0.6) is 0 Å². The molecule has 0 spiro atoms. The molecule has 1 saturated carbocycles. The van der Waals surface area contributed by atoms with Gasteiger partial charge in [0.2, 0.25) is 5.91 Å². The molecule has 2 aliphatic rings. The number of hydrogen-bond acceptors (Lipinski definition) is 3. The third-order valence-electron chi connectivity index (χ3n) is 3.74. The minimum absolute atomic E-state index is 0.152. The maximum atomic E-state index is 11.8. The van der Waals surface area contributed by atoms with Crippen molar-refractivity contribution in [3.05, 3.63) is 23.8 Å². The first kappa shape index (κ1) is 12.5. The van der Waals surface area contributed by atoms with Crippen molar-refractivity contribution in [1.29, 1.82) is 0 Å². The molecule has 1 aliphatic heterocycles. The van der Waals surface area contributed by atoms with Crippen LogP contribution in [0.2, 0.25) is 0 Å². The van der Waals surface area contributed by atoms with E-state index in [0.29, 0.717) is 6.04 Å². The predicted octanol–water partition coefficient (Wildman–Crippen LogP) is 2.54. The van der Waals surface area contributed by atoms with E-state index in [-0.39, 0.29) is 11.8 Å². The van der Waals surface area contributed by atoms with Gasteiger partial charge < -0.3 is 15.4 Å². The van der Waals surface area contributed by atoms with Crippen LogP contribution in [0, 0.1) is 12.8 Å². The van der Waals surface area contributed by atoms with Crippen molar-refractivity contribution in [2.24, 2.45) is 5.92 Å². The lowest BCUT2D eigenvalue weighted by atomic mass is 10.1. The number of rotatable bonds is 4. The number of carbonyl (C=O) groups excluding carboxylic acids is 1. The lowest BCUT2D eigenvalue weighted by Crippen LogP contribution is -2.20. The molecule has 2 fully saturated rings. The highest BCUT2D eigenvalue weighted by Crippen LogP contribution is 2.31. The van der Waals surface area contributed by atoms with Gasteiger partial charge in [0, 0.05) is 23.9 Å². The van der Waals surface area contributed by atoms with Crippen LogP contribution in [0.25, 0.3) is 0 Å². The molecule has 1 saturated heterocycles. The number of anilines is 2. The number of amides is 1. The summed E-state index contributed by atoms with van der Waals surface area (Å²) in [6.07, 6.45) is 3.10. The molecule has 4 nitrogen and oxygen atoms in total. The Morgan fingerprint density at radius 1 is 1.32 bits per heavy atom. The normalized spacial score (nSPS) is 22.3. The van der Waals surface area contributed by atoms with E-state index < -0.39 is 0 Å². The second-order valence-electron chi connectivity index (χ2n) is 5.50. The minimum Gasteiger partial charge on any atom is -0.380 e. The first-order valence-electron chi connectivity index (χ1n) is 6.98. The van der Waals surface area contributed by atoms with Crippen LogP contribution in [0.1, 0.15) is 24.8 Å². The van der Waals surface area contributed by atoms with Gasteiger partial charge in [-0.05, 0) is 43.9 Å². The third-order valence-corrected chi connectivity index (χ3v) is 3.74. The van der Waals surface area contributed by atoms with Gasteiger partial charge in [-0.15, -0.1) is 0 Å². The average molecular weight is 260 g/mol. The molecular weight excluding hydrogens is 240 g/mol. The monoisotopic (exact) mass is 260 g/mol. The fraction of sp³-hybridized carbons (Fsp3) is 0.533. The molecule has 0 radical (unpaired) electrons. The highest BCUT2D eigenvalue weighted by atomic mass is 16.5. The topological polar surface area (TPSA) is 50.4 Å². The standard InChI is InChI=1S/C15H20N2O2/c1-10-2-5-12(17-15(18)11-3-4-11)8-14(10)16-13-6-7-19-9-13/h2,5,8,11,13,16H,3-4,6-7,9H2,1H3,(H,17,18)/t13-/m0/s1. The van der Waals surface area contributed by atoms with E-state index >= 15 is 0 Å². The van der Waals surface area contributed by atoms with Gasteiger partial charge in [-0.1, -0.05) is 6.07 Å². The van der Waals surface area contributed by atoms with Crippen LogP contribution in [-0.2, 0) is 9.53 Å². The van der Waals surface area contributed by atoms with Crippen LogP contribution in [0.3, 0.4) is 0 Å². The zero-order valence-electron chi connectivity index (χ0n) is 11.2. The Morgan fingerprint density at radius 2 is 2.16 bits per heavy atom. The van der Waals surface area contributed by atoms with Crippen LogP contribution < -0.4 is 10.6 Å². The van der Waals surface area contributed by atoms with Gasteiger partial charge in [-0.3, -0.25) is 4.79 Å². The summed E-state index contributed by atoms with van der Waals surface area (Å²) in [6.45, 7) is 3.66. The van der Waals surface area contributed by atoms with Crippen molar-refractivity contribution < 1.29 is 9.53 Å². The molecule has 0 unspecified atom stereocenters. The van der Waals surface area contributed by atoms with Crippen LogP contribution in [0.15, 0.2) is 18.2 Å². The molecule has 19 heavy (non-hydrogen) atoms. The predicted molar refractivity (Wildman–Crippen MR) is 75.4 cm³/mol. The van der Waals surface area contributed by atoms with E-state index in [1.54, 1.807) is 0 Å². The zero-order chi connectivity index (χ0) is 13.2. The van der Waals surface area contributed by atoms with Gasteiger partial charge >= 0.3 is 0 Å². The summed E-state index contributed by atoms with van der Waals surface area (Å²) in [7, 11) is 0. The molecule has 1 amide bonds. The van der Waals surface area contributed by atoms with Crippen molar-refractivity contribution in [2.45, 2.75) is 32.2 Å². The van der Waals surface area contributed by atoms with Gasteiger partial charge in [0.05, 0.1) is 12.6 Å². The maximum absolute atomic E-state index is 11.8. The number of ether oxygens (including phenoxy) is 1. The summed E-state index contributed by atoms with van der Waals surface area (Å²) in [6, 6.07) is 6.41. The average Bonchev–Trinajstić information content (AvgIpc) is 3.13. The molecule has 0 bridgehead atoms. The molecule has 4 heteroatoms. The highest BCUT2D eigenvalue weighted by Gasteiger charge is 2.29. The Bertz CT molecular complexity index is 477. The van der Waals surface area contributed by atoms with Gasteiger partial charge in [-0.25, -0.2) is 0 Å². The number of benzene rings is 1. The summed E-state index contributed by atoms with van der Waals surface area (Å²) >= 11 is 0. The second kappa shape index (κ2) is 5.21. The Balaban J connectivity index is 1.69. The molecule has 102 valence electrons. The quantitative estimate of drug-likeness (QED) is 0.874. The molecule has 1 aromatic rings. The first-order valence-corrected chi connectivity index (χ1v) is 6.98. The highest BCUT2D eigenvalue weighted by molar-refractivity contribution is 5.94. The van der Waals surface area contributed by atoms with Crippen LogP contribution >= 0.6 is 0 Å². The van der Waals surface area contributed by atoms with E-state index in [4.69, 9.17) is 4.74 Å². The van der Waals surface area contributed by atoms with Crippen molar-refractivity contribution >= 4 is 17.3 Å². The summed E-state index contributed by atoms with van der Waals surface area (Å²) in [5.41, 5.74) is 3.16. The second-order valence-corrected chi connectivity index (χ2v) is 5.50. The molecule has 0 aromatic heterocycles. The van der Waals surface area contributed by atoms with Crippen molar-refractivity contribution in [3.8, 4) is 0 Å². The molecule has 3 rings (SSSR count). The van der Waals surface area contributed by atoms with Crippen molar-refractivity contribution in [2.75, 3.05) is 23.8 Å². The maximum Gasteiger partial charge on any atom is 0.227 e. The Kier molecular flexibility index (Phi) is 3.42.